The molecular formula is C22H27N7O. The second-order valence-corrected chi connectivity index (χ2v) is 7.29. The first-order valence-electron chi connectivity index (χ1n) is 10.4. The Kier molecular flexibility index (Phi) is 6.22. The first kappa shape index (κ1) is 19.9. The van der Waals surface area contributed by atoms with Crippen LogP contribution in [0.25, 0.3) is 5.65 Å². The Morgan fingerprint density at radius 3 is 2.83 bits per heavy atom. The fraction of sp³-hybridized carbons (Fsp3) is 0.364. The Labute approximate surface area is 176 Å². The zero-order valence-corrected chi connectivity index (χ0v) is 17.2. The molecule has 1 aliphatic heterocycles. The lowest BCUT2D eigenvalue weighted by molar-refractivity contribution is -0.117. The fourth-order valence-corrected chi connectivity index (χ4v) is 3.66. The number of guanidine groups is 1. The molecule has 1 fully saturated rings. The second kappa shape index (κ2) is 9.39. The molecule has 3 heterocycles. The van der Waals surface area contributed by atoms with Crippen molar-refractivity contribution in [2.45, 2.75) is 32.2 Å². The van der Waals surface area contributed by atoms with Crippen LogP contribution < -0.4 is 15.5 Å². The predicted octanol–water partition coefficient (Wildman–Crippen LogP) is 2.02. The number of nitrogens with zero attached hydrogens (tertiary/aromatic N) is 5. The normalized spacial score (nSPS) is 17.0. The quantitative estimate of drug-likeness (QED) is 0.357. The Bertz CT molecular complexity index is 1010. The van der Waals surface area contributed by atoms with E-state index < -0.39 is 0 Å². The van der Waals surface area contributed by atoms with Crippen LogP contribution in [-0.2, 0) is 11.2 Å². The summed E-state index contributed by atoms with van der Waals surface area (Å²) in [6.45, 7) is 4.11. The van der Waals surface area contributed by atoms with Crippen LogP contribution in [0.4, 0.5) is 5.69 Å². The summed E-state index contributed by atoms with van der Waals surface area (Å²) in [5, 5.41) is 15.1. The molecule has 3 aromatic rings. The summed E-state index contributed by atoms with van der Waals surface area (Å²) in [7, 11) is 0. The predicted molar refractivity (Wildman–Crippen MR) is 118 cm³/mol. The van der Waals surface area contributed by atoms with Crippen molar-refractivity contribution < 1.29 is 4.79 Å². The van der Waals surface area contributed by atoms with Gasteiger partial charge in [-0.1, -0.05) is 24.3 Å². The van der Waals surface area contributed by atoms with E-state index in [0.29, 0.717) is 19.5 Å². The third kappa shape index (κ3) is 4.59. The van der Waals surface area contributed by atoms with Gasteiger partial charge in [-0.3, -0.25) is 14.2 Å². The summed E-state index contributed by atoms with van der Waals surface area (Å²) in [6.07, 6.45) is 4.12. The minimum atomic E-state index is 0.0379. The van der Waals surface area contributed by atoms with Gasteiger partial charge in [-0.05, 0) is 37.6 Å². The smallest absolute Gasteiger partial charge is 0.229 e. The Hall–Kier alpha value is -3.42. The van der Waals surface area contributed by atoms with Gasteiger partial charge in [-0.15, -0.1) is 10.2 Å². The van der Waals surface area contributed by atoms with E-state index in [1.54, 1.807) is 0 Å². The van der Waals surface area contributed by atoms with Crippen molar-refractivity contribution in [3.8, 4) is 0 Å². The number of aryl methyl sites for hydroxylation is 1. The largest absolute Gasteiger partial charge is 0.357 e. The number of hydrogen-bond donors (Lipinski definition) is 2. The number of amides is 1. The van der Waals surface area contributed by atoms with Gasteiger partial charge in [0.2, 0.25) is 5.91 Å². The van der Waals surface area contributed by atoms with Gasteiger partial charge in [0.1, 0.15) is 5.82 Å². The third-order valence-electron chi connectivity index (χ3n) is 5.09. The van der Waals surface area contributed by atoms with Gasteiger partial charge < -0.3 is 15.5 Å². The SMILES string of the molecule is CCNC(=NCCCc1nnc2ccccn12)NC1CC(=O)N(c2ccccc2)C1. The summed E-state index contributed by atoms with van der Waals surface area (Å²) >= 11 is 0. The minimum absolute atomic E-state index is 0.0379. The zero-order chi connectivity index (χ0) is 20.8. The van der Waals surface area contributed by atoms with Gasteiger partial charge in [0.05, 0.1) is 6.04 Å². The number of aromatic nitrogens is 3. The standard InChI is InChI=1S/C22H27N7O/c1-2-23-22(24-13-8-12-20-27-26-19-11-6-7-14-28(19)20)25-17-15-21(30)29(16-17)18-9-4-3-5-10-18/h3-7,9-11,14,17H,2,8,12-13,15-16H2,1H3,(H2,23,24,25). The van der Waals surface area contributed by atoms with E-state index in [1.165, 1.54) is 0 Å². The Morgan fingerprint density at radius 2 is 2.00 bits per heavy atom. The van der Waals surface area contributed by atoms with Gasteiger partial charge in [0, 0.05) is 44.4 Å². The van der Waals surface area contributed by atoms with Crippen LogP contribution in [0, 0.1) is 0 Å². The maximum atomic E-state index is 12.4. The molecule has 1 unspecified atom stereocenters. The van der Waals surface area contributed by atoms with Crippen LogP contribution in [-0.4, -0.2) is 52.1 Å². The topological polar surface area (TPSA) is 86.9 Å². The van der Waals surface area contributed by atoms with E-state index in [9.17, 15) is 4.79 Å². The van der Waals surface area contributed by atoms with Gasteiger partial charge >= 0.3 is 0 Å². The molecule has 4 rings (SSSR count). The highest BCUT2D eigenvalue weighted by Crippen LogP contribution is 2.20. The number of para-hydroxylation sites is 1. The molecule has 1 aromatic carbocycles. The number of carbonyl (C=O) groups excluding carboxylic acids is 1. The zero-order valence-electron chi connectivity index (χ0n) is 17.2. The lowest BCUT2D eigenvalue weighted by atomic mass is 10.2. The number of aliphatic imine (C=N–C) groups is 1. The second-order valence-electron chi connectivity index (χ2n) is 7.29. The molecule has 8 heteroatoms. The number of anilines is 1. The molecule has 1 atom stereocenters. The molecule has 0 aliphatic carbocycles. The molecular weight excluding hydrogens is 378 g/mol. The number of benzene rings is 1. The van der Waals surface area contributed by atoms with Crippen LogP contribution in [0.1, 0.15) is 25.6 Å². The Balaban J connectivity index is 1.32. The minimum Gasteiger partial charge on any atom is -0.357 e. The highest BCUT2D eigenvalue weighted by Gasteiger charge is 2.31. The lowest BCUT2D eigenvalue weighted by Gasteiger charge is -2.19. The number of pyridine rings is 1. The van der Waals surface area contributed by atoms with Crippen molar-refractivity contribution in [1.82, 2.24) is 25.2 Å². The van der Waals surface area contributed by atoms with Crippen LogP contribution in [0.2, 0.25) is 0 Å². The molecule has 0 bridgehead atoms. The molecule has 2 N–H and O–H groups in total. The molecule has 1 aliphatic rings. The van der Waals surface area contributed by atoms with E-state index in [1.807, 2.05) is 71.0 Å². The molecule has 0 radical (unpaired) electrons. The van der Waals surface area contributed by atoms with Gasteiger partial charge in [-0.25, -0.2) is 0 Å². The summed E-state index contributed by atoms with van der Waals surface area (Å²) in [5.41, 5.74) is 1.80. The maximum Gasteiger partial charge on any atom is 0.229 e. The van der Waals surface area contributed by atoms with Gasteiger partial charge in [0.25, 0.3) is 0 Å². The van der Waals surface area contributed by atoms with Crippen molar-refractivity contribution >= 4 is 23.2 Å². The van der Waals surface area contributed by atoms with E-state index >= 15 is 0 Å². The third-order valence-corrected chi connectivity index (χ3v) is 5.09. The summed E-state index contributed by atoms with van der Waals surface area (Å²) in [5.74, 6) is 1.82. The molecule has 0 spiro atoms. The summed E-state index contributed by atoms with van der Waals surface area (Å²) < 4.78 is 2.01. The number of nitrogens with one attached hydrogen (secondary N) is 2. The fourth-order valence-electron chi connectivity index (χ4n) is 3.66. The van der Waals surface area contributed by atoms with Crippen LogP contribution >= 0.6 is 0 Å². The van der Waals surface area contributed by atoms with E-state index in [0.717, 1.165) is 42.5 Å². The average molecular weight is 406 g/mol. The van der Waals surface area contributed by atoms with Crippen molar-refractivity contribution in [3.63, 3.8) is 0 Å². The van der Waals surface area contributed by atoms with Crippen LogP contribution in [0.15, 0.2) is 59.7 Å². The molecule has 156 valence electrons. The summed E-state index contributed by atoms with van der Waals surface area (Å²) in [6, 6.07) is 15.7. The molecule has 2 aromatic heterocycles. The molecule has 1 amide bonds. The van der Waals surface area contributed by atoms with E-state index in [2.05, 4.69) is 25.8 Å². The van der Waals surface area contributed by atoms with E-state index in [4.69, 9.17) is 0 Å². The first-order chi connectivity index (χ1) is 14.7. The Morgan fingerprint density at radius 1 is 1.17 bits per heavy atom. The molecule has 30 heavy (non-hydrogen) atoms. The first-order valence-corrected chi connectivity index (χ1v) is 10.4. The number of carbonyl (C=O) groups is 1. The lowest BCUT2D eigenvalue weighted by Crippen LogP contribution is -2.44. The molecule has 1 saturated heterocycles. The summed E-state index contributed by atoms with van der Waals surface area (Å²) in [4.78, 5) is 19.0. The van der Waals surface area contributed by atoms with Crippen LogP contribution in [0.5, 0.6) is 0 Å². The molecule has 8 nitrogen and oxygen atoms in total. The van der Waals surface area contributed by atoms with Crippen molar-refractivity contribution in [2.75, 3.05) is 24.5 Å². The number of rotatable bonds is 7. The monoisotopic (exact) mass is 405 g/mol. The number of hydrogen-bond acceptors (Lipinski definition) is 4. The maximum absolute atomic E-state index is 12.4. The van der Waals surface area contributed by atoms with Gasteiger partial charge in [0.15, 0.2) is 11.6 Å². The van der Waals surface area contributed by atoms with Crippen molar-refractivity contribution in [3.05, 3.63) is 60.6 Å². The van der Waals surface area contributed by atoms with E-state index in [-0.39, 0.29) is 11.9 Å². The molecule has 0 saturated carbocycles. The highest BCUT2D eigenvalue weighted by atomic mass is 16.2. The van der Waals surface area contributed by atoms with Crippen LogP contribution in [0.3, 0.4) is 0 Å². The highest BCUT2D eigenvalue weighted by molar-refractivity contribution is 5.97. The van der Waals surface area contributed by atoms with Crippen molar-refractivity contribution in [2.24, 2.45) is 4.99 Å². The van der Waals surface area contributed by atoms with Crippen molar-refractivity contribution in [1.29, 1.82) is 0 Å². The number of fused-ring (bicyclic) bond motifs is 1. The average Bonchev–Trinajstić information content (AvgIpc) is 3.35. The van der Waals surface area contributed by atoms with Gasteiger partial charge in [-0.2, -0.15) is 0 Å².